The van der Waals surface area contributed by atoms with Crippen molar-refractivity contribution in [1.29, 1.82) is 0 Å². The number of nitro groups is 2. The highest BCUT2D eigenvalue weighted by Crippen LogP contribution is 2.49. The fourth-order valence-corrected chi connectivity index (χ4v) is 6.56. The Labute approximate surface area is 236 Å². The van der Waals surface area contributed by atoms with Crippen LogP contribution in [0.1, 0.15) is 31.8 Å². The molecule has 8 nitrogen and oxygen atoms in total. The second-order valence-corrected chi connectivity index (χ2v) is 10.4. The maximum Gasteiger partial charge on any atom is 0.354 e. The third-order valence-electron chi connectivity index (χ3n) is 8.29. The van der Waals surface area contributed by atoms with Crippen LogP contribution in [-0.4, -0.2) is 21.4 Å². The molecule has 6 aromatic rings. The van der Waals surface area contributed by atoms with Crippen LogP contribution >= 0.6 is 0 Å². The number of nitrogens with zero attached hydrogens (tertiary/aromatic N) is 2. The van der Waals surface area contributed by atoms with Gasteiger partial charge in [0.1, 0.15) is 0 Å². The van der Waals surface area contributed by atoms with E-state index in [2.05, 4.69) is 0 Å². The molecule has 0 bridgehead atoms. The van der Waals surface area contributed by atoms with Gasteiger partial charge in [0, 0.05) is 39.1 Å². The summed E-state index contributed by atoms with van der Waals surface area (Å²) < 4.78 is 0. The zero-order valence-electron chi connectivity index (χ0n) is 21.6. The van der Waals surface area contributed by atoms with Gasteiger partial charge in [-0.05, 0) is 68.9 Å². The largest absolute Gasteiger partial charge is 0.354 e. The van der Waals surface area contributed by atoms with Crippen LogP contribution in [0.25, 0.3) is 54.9 Å². The molecule has 0 unspecified atom stereocenters. The standard InChI is InChI=1S/C34H16N2O6/c37-33-22-8-2-1-7-21(22)26-15-19(13-17-5-3-9-23(33)29(17)26)20-14-18-6-4-10-24-30(18)27(16-20)31-25(34(24)38)11-12-28(35(39)40)32(31)36(41)42/h1-16H. The van der Waals surface area contributed by atoms with E-state index in [0.29, 0.717) is 38.6 Å². The molecule has 0 amide bonds. The average Bonchev–Trinajstić information content (AvgIpc) is 3.00. The van der Waals surface area contributed by atoms with Crippen molar-refractivity contribution in [3.05, 3.63) is 140 Å². The van der Waals surface area contributed by atoms with E-state index >= 15 is 0 Å². The molecule has 0 saturated heterocycles. The minimum Gasteiger partial charge on any atom is -0.289 e. The molecule has 0 fully saturated rings. The third-order valence-corrected chi connectivity index (χ3v) is 8.29. The Morgan fingerprint density at radius 3 is 1.64 bits per heavy atom. The molecule has 0 radical (unpaired) electrons. The highest BCUT2D eigenvalue weighted by molar-refractivity contribution is 6.28. The summed E-state index contributed by atoms with van der Waals surface area (Å²) in [5.74, 6) is -0.452. The zero-order chi connectivity index (χ0) is 28.9. The van der Waals surface area contributed by atoms with E-state index in [-0.39, 0.29) is 16.9 Å². The van der Waals surface area contributed by atoms with Crippen molar-refractivity contribution in [2.75, 3.05) is 0 Å². The van der Waals surface area contributed by atoms with E-state index in [4.69, 9.17) is 0 Å². The van der Waals surface area contributed by atoms with Crippen molar-refractivity contribution in [2.24, 2.45) is 0 Å². The number of hydrogen-bond acceptors (Lipinski definition) is 6. The van der Waals surface area contributed by atoms with Crippen LogP contribution in [0.3, 0.4) is 0 Å². The van der Waals surface area contributed by atoms with Gasteiger partial charge in [-0.3, -0.25) is 29.8 Å². The van der Waals surface area contributed by atoms with Crippen LogP contribution in [0.15, 0.2) is 97.1 Å². The van der Waals surface area contributed by atoms with Crippen LogP contribution in [-0.2, 0) is 0 Å². The Morgan fingerprint density at radius 2 is 1.02 bits per heavy atom. The van der Waals surface area contributed by atoms with Crippen LogP contribution < -0.4 is 0 Å². The van der Waals surface area contributed by atoms with Crippen molar-refractivity contribution in [1.82, 2.24) is 0 Å². The number of rotatable bonds is 3. The lowest BCUT2D eigenvalue weighted by Crippen LogP contribution is -2.13. The number of ketones is 2. The van der Waals surface area contributed by atoms with E-state index < -0.39 is 27.0 Å². The van der Waals surface area contributed by atoms with E-state index in [1.54, 1.807) is 18.2 Å². The SMILES string of the molecule is O=C1c2ccccc2-c2cc(-c3cc4c5c(cccc5c3)C(=O)c3ccc([N+](=O)[O-])c([N+](=O)[O-])c3-4)cc3cccc1c23. The molecule has 0 aliphatic heterocycles. The van der Waals surface area contributed by atoms with Gasteiger partial charge in [0.15, 0.2) is 11.6 Å². The molecule has 0 N–H and O–H groups in total. The number of benzene rings is 6. The van der Waals surface area contributed by atoms with Gasteiger partial charge in [-0.15, -0.1) is 0 Å². The topological polar surface area (TPSA) is 120 Å². The summed E-state index contributed by atoms with van der Waals surface area (Å²) in [6, 6.07) is 28.3. The molecule has 8 heteroatoms. The van der Waals surface area contributed by atoms with Gasteiger partial charge in [0.25, 0.3) is 0 Å². The Bertz CT molecular complexity index is 2300. The Morgan fingerprint density at radius 1 is 0.476 bits per heavy atom. The van der Waals surface area contributed by atoms with Gasteiger partial charge in [-0.25, -0.2) is 0 Å². The van der Waals surface area contributed by atoms with Gasteiger partial charge >= 0.3 is 11.4 Å². The molecule has 8 rings (SSSR count). The summed E-state index contributed by atoms with van der Waals surface area (Å²) in [4.78, 5) is 49.3. The Kier molecular flexibility index (Phi) is 4.68. The molecule has 6 aromatic carbocycles. The van der Waals surface area contributed by atoms with Crippen molar-refractivity contribution in [3.8, 4) is 33.4 Å². The molecule has 198 valence electrons. The molecule has 2 aliphatic rings. The summed E-state index contributed by atoms with van der Waals surface area (Å²) in [5, 5.41) is 27.0. The predicted octanol–water partition coefficient (Wildman–Crippen LogP) is 7.90. The number of carbonyl (C=O) groups is 2. The molecule has 0 saturated carbocycles. The number of hydrogen-bond donors (Lipinski definition) is 0. The zero-order valence-corrected chi connectivity index (χ0v) is 21.6. The fraction of sp³-hybridized carbons (Fsp3) is 0. The molecule has 42 heavy (non-hydrogen) atoms. The van der Waals surface area contributed by atoms with Gasteiger partial charge in [0.05, 0.1) is 15.4 Å². The molecule has 0 spiro atoms. The minimum absolute atomic E-state index is 0.0331. The fourth-order valence-electron chi connectivity index (χ4n) is 6.56. The molecular weight excluding hydrogens is 532 g/mol. The molecule has 0 atom stereocenters. The third kappa shape index (κ3) is 3.06. The second-order valence-electron chi connectivity index (χ2n) is 10.4. The van der Waals surface area contributed by atoms with Gasteiger partial charge in [-0.1, -0.05) is 60.7 Å². The maximum atomic E-state index is 13.5. The first-order valence-corrected chi connectivity index (χ1v) is 13.1. The van der Waals surface area contributed by atoms with Crippen molar-refractivity contribution in [3.63, 3.8) is 0 Å². The van der Waals surface area contributed by atoms with Gasteiger partial charge < -0.3 is 0 Å². The summed E-state index contributed by atoms with van der Waals surface area (Å²) in [6.07, 6.45) is 0. The smallest absolute Gasteiger partial charge is 0.289 e. The quantitative estimate of drug-likeness (QED) is 0.163. The van der Waals surface area contributed by atoms with Crippen LogP contribution in [0.5, 0.6) is 0 Å². The number of fused-ring (bicyclic) bond motifs is 4. The normalized spacial score (nSPS) is 12.8. The van der Waals surface area contributed by atoms with E-state index in [1.807, 2.05) is 66.7 Å². The highest BCUT2D eigenvalue weighted by atomic mass is 16.6. The first-order chi connectivity index (χ1) is 20.3. The first-order valence-electron chi connectivity index (χ1n) is 13.1. The first kappa shape index (κ1) is 23.8. The van der Waals surface area contributed by atoms with Crippen molar-refractivity contribution in [2.45, 2.75) is 0 Å². The second kappa shape index (κ2) is 8.25. The van der Waals surface area contributed by atoms with Crippen LogP contribution in [0.4, 0.5) is 11.4 Å². The summed E-state index contributed by atoms with van der Waals surface area (Å²) in [5.41, 5.74) is 3.87. The minimum atomic E-state index is -0.797. The highest BCUT2D eigenvalue weighted by Gasteiger charge is 2.38. The Balaban J connectivity index is 1.48. The van der Waals surface area contributed by atoms with Gasteiger partial charge in [0.2, 0.25) is 0 Å². The Hall–Kier alpha value is -6.02. The molecule has 0 aromatic heterocycles. The lowest BCUT2D eigenvalue weighted by molar-refractivity contribution is -0.422. The van der Waals surface area contributed by atoms with E-state index in [1.165, 1.54) is 6.07 Å². The summed E-state index contributed by atoms with van der Waals surface area (Å²) >= 11 is 0. The van der Waals surface area contributed by atoms with E-state index in [9.17, 15) is 29.8 Å². The monoisotopic (exact) mass is 548 g/mol. The molecule has 0 heterocycles. The predicted molar refractivity (Wildman–Crippen MR) is 158 cm³/mol. The lowest BCUT2D eigenvalue weighted by Gasteiger charge is -2.23. The van der Waals surface area contributed by atoms with Crippen molar-refractivity contribution < 1.29 is 19.4 Å². The lowest BCUT2D eigenvalue weighted by atomic mass is 9.79. The van der Waals surface area contributed by atoms with Crippen molar-refractivity contribution >= 4 is 44.5 Å². The maximum absolute atomic E-state index is 13.5. The summed E-state index contributed by atoms with van der Waals surface area (Å²) in [6.45, 7) is 0. The van der Waals surface area contributed by atoms with Crippen LogP contribution in [0, 0.1) is 20.2 Å². The molecule has 2 aliphatic carbocycles. The van der Waals surface area contributed by atoms with E-state index in [0.717, 1.165) is 33.5 Å². The number of carbonyl (C=O) groups excluding carboxylic acids is 2. The van der Waals surface area contributed by atoms with Gasteiger partial charge in [-0.2, -0.15) is 0 Å². The number of nitro benzene ring substituents is 2. The average molecular weight is 549 g/mol. The molecular formula is C34H16N2O6. The van der Waals surface area contributed by atoms with Crippen LogP contribution in [0.2, 0.25) is 0 Å². The summed E-state index contributed by atoms with van der Waals surface area (Å²) in [7, 11) is 0.